The summed E-state index contributed by atoms with van der Waals surface area (Å²) in [4.78, 5) is 39.4. The normalized spacial score (nSPS) is 20.5. The van der Waals surface area contributed by atoms with Gasteiger partial charge in [-0.1, -0.05) is 0 Å². The first-order chi connectivity index (χ1) is 8.09. The molecule has 0 aromatic carbocycles. The van der Waals surface area contributed by atoms with Crippen molar-refractivity contribution in [3.63, 3.8) is 0 Å². The molecule has 2 rings (SSSR count). The van der Waals surface area contributed by atoms with Gasteiger partial charge in [-0.3, -0.25) is 19.1 Å². The van der Waals surface area contributed by atoms with Gasteiger partial charge in [0.05, 0.1) is 0 Å². The Labute approximate surface area is 97.4 Å². The van der Waals surface area contributed by atoms with Crippen molar-refractivity contribution in [3.05, 3.63) is 18.7 Å². The number of imide groups is 1. The second-order valence-electron chi connectivity index (χ2n) is 3.80. The number of piperidine rings is 1. The summed E-state index contributed by atoms with van der Waals surface area (Å²) in [5.74, 6) is -0.599. The second kappa shape index (κ2) is 4.36. The molecule has 0 radical (unpaired) electrons. The van der Waals surface area contributed by atoms with E-state index in [9.17, 15) is 14.4 Å². The molecule has 1 aliphatic rings. The van der Waals surface area contributed by atoms with Crippen molar-refractivity contribution in [2.45, 2.75) is 18.9 Å². The van der Waals surface area contributed by atoms with Crippen molar-refractivity contribution < 1.29 is 14.4 Å². The van der Waals surface area contributed by atoms with Gasteiger partial charge in [0.25, 0.3) is 5.91 Å². The van der Waals surface area contributed by atoms with E-state index in [1.807, 2.05) is 0 Å². The van der Waals surface area contributed by atoms with Gasteiger partial charge in [-0.25, -0.2) is 9.78 Å². The van der Waals surface area contributed by atoms with E-state index in [4.69, 9.17) is 0 Å². The van der Waals surface area contributed by atoms with E-state index < -0.39 is 12.1 Å². The number of imidazole rings is 1. The van der Waals surface area contributed by atoms with Gasteiger partial charge >= 0.3 is 6.03 Å². The lowest BCUT2D eigenvalue weighted by Gasteiger charge is -2.28. The van der Waals surface area contributed by atoms with E-state index >= 15 is 0 Å². The molecule has 3 amide bonds. The second-order valence-corrected chi connectivity index (χ2v) is 3.80. The van der Waals surface area contributed by atoms with E-state index in [1.54, 1.807) is 0 Å². The lowest BCUT2D eigenvalue weighted by Crippen LogP contribution is -2.53. The quantitative estimate of drug-likeness (QED) is 0.672. The number of carbonyl (C=O) groups is 3. The Morgan fingerprint density at radius 2 is 2.29 bits per heavy atom. The maximum Gasteiger partial charge on any atom is 0.327 e. The van der Waals surface area contributed by atoms with Crippen molar-refractivity contribution in [3.8, 4) is 0 Å². The number of nitrogens with zero attached hydrogens (tertiary/aromatic N) is 3. The molecule has 1 unspecified atom stereocenters. The first kappa shape index (κ1) is 11.3. The molecule has 1 aromatic rings. The van der Waals surface area contributed by atoms with Gasteiger partial charge in [0, 0.05) is 25.9 Å². The molecule has 1 N–H and O–H groups in total. The molecule has 0 saturated carbocycles. The minimum Gasteiger partial charge on any atom is -0.326 e. The van der Waals surface area contributed by atoms with Crippen LogP contribution in [0.15, 0.2) is 18.7 Å². The molecule has 1 atom stereocenters. The predicted octanol–water partition coefficient (Wildman–Crippen LogP) is -0.412. The van der Waals surface area contributed by atoms with Gasteiger partial charge in [-0.2, -0.15) is 0 Å². The summed E-state index contributed by atoms with van der Waals surface area (Å²) in [6, 6.07) is -1.07. The highest BCUT2D eigenvalue weighted by molar-refractivity contribution is 6.01. The summed E-state index contributed by atoms with van der Waals surface area (Å²) in [5, 5.41) is 2.56. The monoisotopic (exact) mass is 236 g/mol. The lowest BCUT2D eigenvalue weighted by molar-refractivity contribution is -0.147. The van der Waals surface area contributed by atoms with Crippen LogP contribution in [0.2, 0.25) is 0 Å². The van der Waals surface area contributed by atoms with Crippen LogP contribution in [-0.2, 0) is 9.59 Å². The highest BCUT2D eigenvalue weighted by atomic mass is 16.2. The first-order valence-electron chi connectivity index (χ1n) is 5.19. The molecule has 2 heterocycles. The van der Waals surface area contributed by atoms with Crippen LogP contribution in [0.5, 0.6) is 0 Å². The van der Waals surface area contributed by atoms with Crippen LogP contribution in [-0.4, -0.2) is 45.4 Å². The summed E-state index contributed by atoms with van der Waals surface area (Å²) in [5.41, 5.74) is 0. The van der Waals surface area contributed by atoms with Gasteiger partial charge in [0.15, 0.2) is 0 Å². The predicted molar refractivity (Wildman–Crippen MR) is 57.0 cm³/mol. The molecule has 1 fully saturated rings. The van der Waals surface area contributed by atoms with Crippen LogP contribution < -0.4 is 5.32 Å². The Hall–Kier alpha value is -2.18. The number of amides is 3. The molecule has 0 aliphatic carbocycles. The Bertz CT molecular complexity index is 454. The summed E-state index contributed by atoms with van der Waals surface area (Å²) < 4.78 is 1.24. The maximum absolute atomic E-state index is 11.7. The fourth-order valence-electron chi connectivity index (χ4n) is 1.65. The minimum atomic E-state index is -0.646. The third kappa shape index (κ3) is 2.17. The number of nitrogens with one attached hydrogen (secondary N) is 1. The Balaban J connectivity index is 2.02. The molecule has 0 spiro atoms. The SMILES string of the molecule is CN1C(=O)CCC(NC(=O)n2ccnc2)C1=O. The Kier molecular flexibility index (Phi) is 2.90. The largest absolute Gasteiger partial charge is 0.327 e. The number of likely N-dealkylation sites (N-methyl/N-ethyl adjacent to an activating group) is 1. The Morgan fingerprint density at radius 1 is 1.53 bits per heavy atom. The first-order valence-corrected chi connectivity index (χ1v) is 5.19. The smallest absolute Gasteiger partial charge is 0.326 e. The summed E-state index contributed by atoms with van der Waals surface area (Å²) in [6.45, 7) is 0. The topological polar surface area (TPSA) is 84.3 Å². The highest BCUT2D eigenvalue weighted by Crippen LogP contribution is 2.11. The molecule has 17 heavy (non-hydrogen) atoms. The number of aromatic nitrogens is 2. The van der Waals surface area contributed by atoms with Gasteiger partial charge in [-0.15, -0.1) is 0 Å². The van der Waals surface area contributed by atoms with Crippen molar-refractivity contribution in [1.82, 2.24) is 19.8 Å². The molecule has 1 saturated heterocycles. The zero-order valence-electron chi connectivity index (χ0n) is 9.29. The van der Waals surface area contributed by atoms with Gasteiger partial charge in [0.2, 0.25) is 5.91 Å². The average Bonchev–Trinajstić information content (AvgIpc) is 2.83. The van der Waals surface area contributed by atoms with Crippen LogP contribution in [0.1, 0.15) is 12.8 Å². The molecule has 0 bridgehead atoms. The number of hydrogen-bond acceptors (Lipinski definition) is 4. The number of rotatable bonds is 1. The molecule has 1 aliphatic heterocycles. The highest BCUT2D eigenvalue weighted by Gasteiger charge is 2.32. The summed E-state index contributed by atoms with van der Waals surface area (Å²) in [6.07, 6.45) is 4.90. The van der Waals surface area contributed by atoms with Crippen LogP contribution in [0.4, 0.5) is 4.79 Å². The molecule has 1 aromatic heterocycles. The zero-order chi connectivity index (χ0) is 12.4. The molecule has 7 heteroatoms. The Morgan fingerprint density at radius 3 is 2.94 bits per heavy atom. The summed E-state index contributed by atoms with van der Waals surface area (Å²) in [7, 11) is 1.42. The molecular weight excluding hydrogens is 224 g/mol. The standard InChI is InChI=1S/C10H12N4O3/c1-13-8(15)3-2-7(9(13)16)12-10(17)14-5-4-11-6-14/h4-7H,2-3H2,1H3,(H,12,17). The van der Waals surface area contributed by atoms with E-state index in [1.165, 1.54) is 30.3 Å². The van der Waals surface area contributed by atoms with Crippen molar-refractivity contribution in [1.29, 1.82) is 0 Å². The molecule has 90 valence electrons. The van der Waals surface area contributed by atoms with Crippen molar-refractivity contribution >= 4 is 17.8 Å². The van der Waals surface area contributed by atoms with Crippen LogP contribution in [0.3, 0.4) is 0 Å². The fraction of sp³-hybridized carbons (Fsp3) is 0.400. The summed E-state index contributed by atoms with van der Waals surface area (Å²) >= 11 is 0. The maximum atomic E-state index is 11.7. The van der Waals surface area contributed by atoms with Gasteiger partial charge < -0.3 is 5.32 Å². The third-order valence-electron chi connectivity index (χ3n) is 2.69. The lowest BCUT2D eigenvalue weighted by atomic mass is 10.1. The van der Waals surface area contributed by atoms with Crippen LogP contribution >= 0.6 is 0 Å². The molecule has 7 nitrogen and oxygen atoms in total. The number of carbonyl (C=O) groups excluding carboxylic acids is 3. The zero-order valence-corrected chi connectivity index (χ0v) is 9.29. The van der Waals surface area contributed by atoms with E-state index in [0.717, 1.165) is 4.90 Å². The van der Waals surface area contributed by atoms with E-state index in [-0.39, 0.29) is 18.2 Å². The number of likely N-dealkylation sites (tertiary alicyclic amines) is 1. The number of hydrogen-bond donors (Lipinski definition) is 1. The fourth-order valence-corrected chi connectivity index (χ4v) is 1.65. The van der Waals surface area contributed by atoms with Gasteiger partial charge in [0.1, 0.15) is 12.4 Å². The van der Waals surface area contributed by atoms with Crippen LogP contribution in [0, 0.1) is 0 Å². The van der Waals surface area contributed by atoms with Crippen LogP contribution in [0.25, 0.3) is 0 Å². The van der Waals surface area contributed by atoms with Gasteiger partial charge in [-0.05, 0) is 6.42 Å². The molecular formula is C10H12N4O3. The average molecular weight is 236 g/mol. The van der Waals surface area contributed by atoms with Crippen molar-refractivity contribution in [2.75, 3.05) is 7.05 Å². The van der Waals surface area contributed by atoms with E-state index in [0.29, 0.717) is 6.42 Å². The van der Waals surface area contributed by atoms with Crippen molar-refractivity contribution in [2.24, 2.45) is 0 Å². The third-order valence-corrected chi connectivity index (χ3v) is 2.69. The minimum absolute atomic E-state index is 0.219. The van der Waals surface area contributed by atoms with E-state index in [2.05, 4.69) is 10.3 Å².